The minimum atomic E-state index is -0.277. The van der Waals surface area contributed by atoms with Gasteiger partial charge in [0.15, 0.2) is 0 Å². The summed E-state index contributed by atoms with van der Waals surface area (Å²) in [5, 5.41) is 0. The zero-order valence-electron chi connectivity index (χ0n) is 17.9. The Labute approximate surface area is 175 Å². The van der Waals surface area contributed by atoms with Crippen molar-refractivity contribution in [2.75, 3.05) is 0 Å². The highest BCUT2D eigenvalue weighted by Gasteiger charge is 2.46. The van der Waals surface area contributed by atoms with E-state index < -0.39 is 0 Å². The first kappa shape index (κ1) is 19.5. The molecule has 4 rings (SSSR count). The van der Waals surface area contributed by atoms with E-state index in [0.717, 1.165) is 6.42 Å². The summed E-state index contributed by atoms with van der Waals surface area (Å²) in [6, 6.07) is 27.1. The van der Waals surface area contributed by atoms with Gasteiger partial charge in [-0.1, -0.05) is 112 Å². The Bertz CT molecular complexity index is 1070. The minimum absolute atomic E-state index is 0.277. The lowest BCUT2D eigenvalue weighted by molar-refractivity contribution is 0.755. The third-order valence-electron chi connectivity index (χ3n) is 6.15. The highest BCUT2D eigenvalue weighted by Crippen LogP contribution is 2.57. The Morgan fingerprint density at radius 1 is 0.862 bits per heavy atom. The minimum Gasteiger partial charge on any atom is -0.0873 e. The Hall–Kier alpha value is -2.86. The van der Waals surface area contributed by atoms with Crippen molar-refractivity contribution in [3.8, 4) is 11.1 Å². The lowest BCUT2D eigenvalue weighted by Gasteiger charge is -2.35. The van der Waals surface area contributed by atoms with Crippen LogP contribution in [0.5, 0.6) is 0 Å². The highest BCUT2D eigenvalue weighted by molar-refractivity contribution is 5.86. The molecule has 0 aromatic heterocycles. The van der Waals surface area contributed by atoms with Gasteiger partial charge in [0.2, 0.25) is 0 Å². The molecule has 0 N–H and O–H groups in total. The second-order valence-electron chi connectivity index (χ2n) is 8.19. The lowest BCUT2D eigenvalue weighted by Crippen LogP contribution is -2.29. The Morgan fingerprint density at radius 3 is 2.24 bits per heavy atom. The van der Waals surface area contributed by atoms with E-state index in [1.165, 1.54) is 39.0 Å². The van der Waals surface area contributed by atoms with Gasteiger partial charge in [-0.3, -0.25) is 0 Å². The van der Waals surface area contributed by atoms with Crippen LogP contribution in [0.1, 0.15) is 62.3 Å². The van der Waals surface area contributed by atoms with Gasteiger partial charge >= 0.3 is 0 Å². The van der Waals surface area contributed by atoms with Gasteiger partial charge < -0.3 is 0 Å². The maximum absolute atomic E-state index is 2.46. The molecule has 0 saturated carbocycles. The lowest BCUT2D eigenvalue weighted by atomic mass is 9.66. The molecule has 0 heteroatoms. The summed E-state index contributed by atoms with van der Waals surface area (Å²) < 4.78 is 0. The van der Waals surface area contributed by atoms with Crippen LogP contribution in [-0.4, -0.2) is 0 Å². The SMILES string of the molecule is C/C=C\C(=C/CC)C1(c2ccccc2)c2ccccc2-c2ccc(C(C)C)cc21. The summed E-state index contributed by atoms with van der Waals surface area (Å²) in [6.45, 7) is 8.91. The van der Waals surface area contributed by atoms with Crippen LogP contribution in [0.15, 0.2) is 96.6 Å². The quantitative estimate of drug-likeness (QED) is 0.394. The standard InChI is InChI=1S/C29H30/c1-5-12-23(13-6-2)29(24-14-8-7-9-15-24)27-17-11-10-16-25(27)26-19-18-22(21(3)4)20-28(26)29/h5,7-21H,6H2,1-4H3/b12-5-,23-13+. The van der Waals surface area contributed by atoms with Gasteiger partial charge in [-0.25, -0.2) is 0 Å². The summed E-state index contributed by atoms with van der Waals surface area (Å²) in [5.41, 5.74) is 9.34. The number of benzene rings is 3. The average Bonchev–Trinajstić information content (AvgIpc) is 3.05. The van der Waals surface area contributed by atoms with Crippen molar-refractivity contribution in [1.29, 1.82) is 0 Å². The van der Waals surface area contributed by atoms with Crippen molar-refractivity contribution in [2.45, 2.75) is 45.4 Å². The molecule has 0 amide bonds. The van der Waals surface area contributed by atoms with Crippen LogP contribution in [-0.2, 0) is 5.41 Å². The molecular formula is C29H30. The molecule has 1 atom stereocenters. The van der Waals surface area contributed by atoms with Crippen LogP contribution in [0.2, 0.25) is 0 Å². The second kappa shape index (κ2) is 7.87. The van der Waals surface area contributed by atoms with Crippen molar-refractivity contribution >= 4 is 0 Å². The highest BCUT2D eigenvalue weighted by atomic mass is 14.5. The van der Waals surface area contributed by atoms with Crippen LogP contribution in [0, 0.1) is 0 Å². The fourth-order valence-electron chi connectivity index (χ4n) is 4.88. The van der Waals surface area contributed by atoms with Crippen LogP contribution in [0.3, 0.4) is 0 Å². The van der Waals surface area contributed by atoms with Crippen LogP contribution in [0.4, 0.5) is 0 Å². The summed E-state index contributed by atoms with van der Waals surface area (Å²) in [6.07, 6.45) is 7.90. The molecule has 0 spiro atoms. The molecule has 0 aliphatic heterocycles. The number of rotatable bonds is 5. The smallest absolute Gasteiger partial charge is 0.0710 e. The molecule has 0 radical (unpaired) electrons. The first-order chi connectivity index (χ1) is 14.1. The molecule has 1 aliphatic rings. The predicted octanol–water partition coefficient (Wildman–Crippen LogP) is 8.04. The van der Waals surface area contributed by atoms with Crippen molar-refractivity contribution in [2.24, 2.45) is 0 Å². The summed E-state index contributed by atoms with van der Waals surface area (Å²) >= 11 is 0. The molecule has 3 aromatic rings. The van der Waals surface area contributed by atoms with E-state index in [9.17, 15) is 0 Å². The first-order valence-electron chi connectivity index (χ1n) is 10.8. The molecule has 1 unspecified atom stereocenters. The second-order valence-corrected chi connectivity index (χ2v) is 8.19. The van der Waals surface area contributed by atoms with Gasteiger partial charge in [-0.2, -0.15) is 0 Å². The fraction of sp³-hybridized carbons (Fsp3) is 0.241. The number of hydrogen-bond acceptors (Lipinski definition) is 0. The van der Waals surface area contributed by atoms with E-state index in [1.54, 1.807) is 0 Å². The monoisotopic (exact) mass is 378 g/mol. The van der Waals surface area contributed by atoms with Gasteiger partial charge in [0.05, 0.1) is 5.41 Å². The third kappa shape index (κ3) is 2.99. The Balaban J connectivity index is 2.18. The van der Waals surface area contributed by atoms with Gasteiger partial charge in [-0.15, -0.1) is 0 Å². The van der Waals surface area contributed by atoms with Crippen molar-refractivity contribution < 1.29 is 0 Å². The third-order valence-corrected chi connectivity index (χ3v) is 6.15. The van der Waals surface area contributed by atoms with E-state index >= 15 is 0 Å². The molecule has 0 bridgehead atoms. The molecule has 0 fully saturated rings. The van der Waals surface area contributed by atoms with Gasteiger partial charge in [0.1, 0.15) is 0 Å². The predicted molar refractivity (Wildman–Crippen MR) is 125 cm³/mol. The van der Waals surface area contributed by atoms with E-state index in [0.29, 0.717) is 5.92 Å². The molecular weight excluding hydrogens is 348 g/mol. The van der Waals surface area contributed by atoms with Crippen LogP contribution < -0.4 is 0 Å². The molecule has 0 saturated heterocycles. The number of fused-ring (bicyclic) bond motifs is 3. The molecule has 146 valence electrons. The van der Waals surface area contributed by atoms with Crippen molar-refractivity contribution in [3.63, 3.8) is 0 Å². The summed E-state index contributed by atoms with van der Waals surface area (Å²) in [5.74, 6) is 0.498. The van der Waals surface area contributed by atoms with E-state index in [1.807, 2.05) is 0 Å². The molecule has 1 aliphatic carbocycles. The van der Waals surface area contributed by atoms with Gasteiger partial charge in [0, 0.05) is 0 Å². The molecule has 29 heavy (non-hydrogen) atoms. The first-order valence-corrected chi connectivity index (χ1v) is 10.8. The van der Waals surface area contributed by atoms with Crippen LogP contribution in [0.25, 0.3) is 11.1 Å². The summed E-state index contributed by atoms with van der Waals surface area (Å²) in [7, 11) is 0. The zero-order chi connectivity index (χ0) is 20.4. The molecule has 0 heterocycles. The maximum atomic E-state index is 2.46. The Kier molecular flexibility index (Phi) is 5.28. The average molecular weight is 379 g/mol. The fourth-order valence-corrected chi connectivity index (χ4v) is 4.88. The summed E-state index contributed by atoms with van der Waals surface area (Å²) in [4.78, 5) is 0. The van der Waals surface area contributed by atoms with E-state index in [-0.39, 0.29) is 5.41 Å². The molecule has 0 nitrogen and oxygen atoms in total. The maximum Gasteiger partial charge on any atom is 0.0710 e. The number of hydrogen-bond donors (Lipinski definition) is 0. The van der Waals surface area contributed by atoms with Crippen molar-refractivity contribution in [1.82, 2.24) is 0 Å². The normalized spacial score (nSPS) is 18.3. The van der Waals surface area contributed by atoms with E-state index in [4.69, 9.17) is 0 Å². The largest absolute Gasteiger partial charge is 0.0873 e. The number of allylic oxidation sites excluding steroid dienone is 4. The zero-order valence-corrected chi connectivity index (χ0v) is 17.9. The van der Waals surface area contributed by atoms with Crippen molar-refractivity contribution in [3.05, 3.63) is 119 Å². The Morgan fingerprint density at radius 2 is 1.55 bits per heavy atom. The topological polar surface area (TPSA) is 0 Å². The van der Waals surface area contributed by atoms with Gasteiger partial charge in [-0.05, 0) is 58.2 Å². The van der Waals surface area contributed by atoms with Crippen LogP contribution >= 0.6 is 0 Å². The van der Waals surface area contributed by atoms with E-state index in [2.05, 4.69) is 119 Å². The molecule has 3 aromatic carbocycles. The van der Waals surface area contributed by atoms with Gasteiger partial charge in [0.25, 0.3) is 0 Å².